The summed E-state index contributed by atoms with van der Waals surface area (Å²) in [4.78, 5) is 0. The van der Waals surface area contributed by atoms with Crippen LogP contribution in [0.3, 0.4) is 0 Å². The van der Waals surface area contributed by atoms with Crippen molar-refractivity contribution in [3.05, 3.63) is 11.8 Å². The minimum atomic E-state index is -1.76. The van der Waals surface area contributed by atoms with Crippen molar-refractivity contribution in [2.24, 2.45) is 11.7 Å². The predicted molar refractivity (Wildman–Crippen MR) is 72.7 cm³/mol. The number of rotatable bonds is 2. The highest BCUT2D eigenvalue weighted by molar-refractivity contribution is 6.74. The van der Waals surface area contributed by atoms with Crippen molar-refractivity contribution in [3.63, 3.8) is 0 Å². The lowest BCUT2D eigenvalue weighted by molar-refractivity contribution is 0.332. The van der Waals surface area contributed by atoms with Crippen LogP contribution in [0.5, 0.6) is 0 Å². The zero-order valence-electron chi connectivity index (χ0n) is 11.6. The monoisotopic (exact) mass is 252 g/mol. The van der Waals surface area contributed by atoms with Crippen LogP contribution in [0.4, 0.5) is 0 Å². The van der Waals surface area contributed by atoms with Crippen LogP contribution in [0.2, 0.25) is 18.1 Å². The number of nitrogens with two attached hydrogens (primary N) is 1. The fourth-order valence-electron chi connectivity index (χ4n) is 1.62. The van der Waals surface area contributed by atoms with Gasteiger partial charge in [-0.15, -0.1) is 0 Å². The van der Waals surface area contributed by atoms with Crippen LogP contribution in [-0.4, -0.2) is 14.4 Å². The molecule has 2 N–H and O–H groups in total. The zero-order valence-corrected chi connectivity index (χ0v) is 12.6. The largest absolute Gasteiger partial charge is 0.547 e. The molecule has 0 bridgehead atoms. The van der Waals surface area contributed by atoms with Gasteiger partial charge in [-0.25, -0.2) is 0 Å². The summed E-state index contributed by atoms with van der Waals surface area (Å²) in [6.07, 6.45) is 3.61. The molecule has 2 atom stereocenters. The molecule has 0 amide bonds. The first-order valence-corrected chi connectivity index (χ1v) is 9.13. The van der Waals surface area contributed by atoms with Gasteiger partial charge in [0.25, 0.3) is 0 Å². The number of hydrogen-bond donors (Lipinski definition) is 1. The van der Waals surface area contributed by atoms with Crippen LogP contribution >= 0.6 is 0 Å². The van der Waals surface area contributed by atoms with Gasteiger partial charge in [-0.05, 0) is 30.6 Å². The maximum Gasteiger partial charge on any atom is 0.250 e. The summed E-state index contributed by atoms with van der Waals surface area (Å²) in [5, 5.41) is 9.12. The molecule has 0 heterocycles. The minimum Gasteiger partial charge on any atom is -0.547 e. The Bertz CT molecular complexity index is 349. The maximum atomic E-state index is 8.92. The first-order valence-electron chi connectivity index (χ1n) is 6.22. The molecule has 0 saturated heterocycles. The lowest BCUT2D eigenvalue weighted by Gasteiger charge is -2.38. The Morgan fingerprint density at radius 2 is 2.06 bits per heavy atom. The second-order valence-electron chi connectivity index (χ2n) is 6.35. The molecular formula is C13H24N2OSi. The summed E-state index contributed by atoms with van der Waals surface area (Å²) < 4.78 is 6.22. The van der Waals surface area contributed by atoms with Gasteiger partial charge in [0.2, 0.25) is 8.32 Å². The molecule has 0 aliphatic heterocycles. The van der Waals surface area contributed by atoms with Gasteiger partial charge in [-0.2, -0.15) is 5.26 Å². The van der Waals surface area contributed by atoms with Crippen molar-refractivity contribution in [2.75, 3.05) is 0 Å². The van der Waals surface area contributed by atoms with Crippen LogP contribution in [0.15, 0.2) is 11.8 Å². The molecule has 17 heavy (non-hydrogen) atoms. The lowest BCUT2D eigenvalue weighted by atomic mass is 9.91. The van der Waals surface area contributed by atoms with Crippen molar-refractivity contribution < 1.29 is 4.43 Å². The van der Waals surface area contributed by atoms with E-state index in [-0.39, 0.29) is 17.0 Å². The Morgan fingerprint density at radius 1 is 1.47 bits per heavy atom. The van der Waals surface area contributed by atoms with Crippen LogP contribution < -0.4 is 5.73 Å². The maximum absolute atomic E-state index is 8.92. The predicted octanol–water partition coefficient (Wildman–Crippen LogP) is 3.15. The van der Waals surface area contributed by atoms with E-state index < -0.39 is 8.32 Å². The number of nitrogens with zero attached hydrogens (tertiary/aromatic N) is 1. The molecule has 0 aromatic heterocycles. The molecule has 96 valence electrons. The molecule has 0 unspecified atom stereocenters. The van der Waals surface area contributed by atoms with Gasteiger partial charge < -0.3 is 10.2 Å². The van der Waals surface area contributed by atoms with Gasteiger partial charge >= 0.3 is 0 Å². The summed E-state index contributed by atoms with van der Waals surface area (Å²) in [6.45, 7) is 11.1. The van der Waals surface area contributed by atoms with E-state index in [1.54, 1.807) is 0 Å². The number of hydrogen-bond acceptors (Lipinski definition) is 3. The SMILES string of the molecule is CC(C)(C)[Si](C)(C)OC1=C[C@H](N)[C@H](C#N)CC1. The van der Waals surface area contributed by atoms with Gasteiger partial charge in [0.15, 0.2) is 0 Å². The molecule has 0 aromatic carbocycles. The Hall–Kier alpha value is -0.793. The standard InChI is InChI=1S/C13H24N2OSi/c1-13(2,3)17(4,5)16-11-7-6-10(9-14)12(15)8-11/h8,10,12H,6-7,15H2,1-5H3/t10-,12-/m0/s1. The highest BCUT2D eigenvalue weighted by Crippen LogP contribution is 2.39. The zero-order chi connectivity index (χ0) is 13.3. The van der Waals surface area contributed by atoms with Crippen molar-refractivity contribution in [1.29, 1.82) is 5.26 Å². The second kappa shape index (κ2) is 4.83. The Kier molecular flexibility index (Phi) is 4.05. The van der Waals surface area contributed by atoms with Crippen molar-refractivity contribution in [2.45, 2.75) is 57.8 Å². The topological polar surface area (TPSA) is 59.0 Å². The van der Waals surface area contributed by atoms with E-state index in [9.17, 15) is 0 Å². The molecule has 0 aromatic rings. The minimum absolute atomic E-state index is 0.0539. The van der Waals surface area contributed by atoms with Crippen LogP contribution in [0.1, 0.15) is 33.6 Å². The van der Waals surface area contributed by atoms with E-state index >= 15 is 0 Å². The first kappa shape index (κ1) is 14.3. The first-order chi connectivity index (χ1) is 7.67. The highest BCUT2D eigenvalue weighted by Gasteiger charge is 2.40. The van der Waals surface area contributed by atoms with E-state index in [1.165, 1.54) is 0 Å². The van der Waals surface area contributed by atoms with Gasteiger partial charge in [0.1, 0.15) is 0 Å². The third-order valence-electron chi connectivity index (χ3n) is 3.90. The summed E-state index contributed by atoms with van der Waals surface area (Å²) in [7, 11) is -1.76. The molecule has 1 aliphatic rings. The summed E-state index contributed by atoms with van der Waals surface area (Å²) in [6, 6.07) is 2.08. The fourth-order valence-corrected chi connectivity index (χ4v) is 2.75. The summed E-state index contributed by atoms with van der Waals surface area (Å²) >= 11 is 0. The molecule has 0 fully saturated rings. The van der Waals surface area contributed by atoms with Crippen LogP contribution in [-0.2, 0) is 4.43 Å². The second-order valence-corrected chi connectivity index (χ2v) is 11.1. The summed E-state index contributed by atoms with van der Waals surface area (Å²) in [5.74, 6) is 0.942. The molecule has 0 spiro atoms. The van der Waals surface area contributed by atoms with Gasteiger partial charge in [0.05, 0.1) is 17.7 Å². The molecule has 0 radical (unpaired) electrons. The third kappa shape index (κ3) is 3.33. The van der Waals surface area contributed by atoms with Crippen molar-refractivity contribution >= 4 is 8.32 Å². The normalized spacial score (nSPS) is 26.1. The van der Waals surface area contributed by atoms with E-state index in [0.717, 1.165) is 18.6 Å². The summed E-state index contributed by atoms with van der Waals surface area (Å²) in [5.41, 5.74) is 5.94. The Morgan fingerprint density at radius 3 is 2.47 bits per heavy atom. The van der Waals surface area contributed by atoms with Crippen LogP contribution in [0.25, 0.3) is 0 Å². The fraction of sp³-hybridized carbons (Fsp3) is 0.769. The van der Waals surface area contributed by atoms with E-state index in [0.29, 0.717) is 0 Å². The molecule has 1 aliphatic carbocycles. The lowest BCUT2D eigenvalue weighted by Crippen LogP contribution is -2.41. The molecule has 4 heteroatoms. The third-order valence-corrected chi connectivity index (χ3v) is 8.29. The highest BCUT2D eigenvalue weighted by atomic mass is 28.4. The van der Waals surface area contributed by atoms with Gasteiger partial charge in [-0.3, -0.25) is 0 Å². The molecule has 1 rings (SSSR count). The molecule has 0 saturated carbocycles. The Labute approximate surface area is 106 Å². The van der Waals surface area contributed by atoms with Crippen molar-refractivity contribution in [1.82, 2.24) is 0 Å². The quantitative estimate of drug-likeness (QED) is 0.768. The van der Waals surface area contributed by atoms with E-state index in [2.05, 4.69) is 39.9 Å². The average Bonchev–Trinajstić information content (AvgIpc) is 2.15. The Balaban J connectivity index is 2.75. The van der Waals surface area contributed by atoms with E-state index in [1.807, 2.05) is 6.08 Å². The average molecular weight is 252 g/mol. The van der Waals surface area contributed by atoms with E-state index in [4.69, 9.17) is 15.4 Å². The smallest absolute Gasteiger partial charge is 0.250 e. The number of nitriles is 1. The van der Waals surface area contributed by atoms with Crippen molar-refractivity contribution in [3.8, 4) is 6.07 Å². The van der Waals surface area contributed by atoms with Crippen LogP contribution in [0, 0.1) is 17.2 Å². The molecule has 3 nitrogen and oxygen atoms in total. The van der Waals surface area contributed by atoms with Gasteiger partial charge in [0, 0.05) is 12.5 Å². The van der Waals surface area contributed by atoms with Gasteiger partial charge in [-0.1, -0.05) is 20.8 Å². The number of allylic oxidation sites excluding steroid dienone is 1. The molecular weight excluding hydrogens is 228 g/mol.